The van der Waals surface area contributed by atoms with E-state index in [1.165, 1.54) is 18.3 Å². The minimum Gasteiger partial charge on any atom is -0.455 e. The highest BCUT2D eigenvalue weighted by Gasteiger charge is 2.04. The van der Waals surface area contributed by atoms with Crippen molar-refractivity contribution in [3.63, 3.8) is 0 Å². The molecule has 0 spiro atoms. The molecule has 0 aliphatic carbocycles. The number of furan rings is 1. The Balaban J connectivity index is 1.65. The molecule has 0 saturated heterocycles. The SMILES string of the molecule is O=C(N/N=C\c1ccc(-c2ccc(F)cc2)o1)c1ccccc1. The van der Waals surface area contributed by atoms with E-state index in [0.717, 1.165) is 5.56 Å². The summed E-state index contributed by atoms with van der Waals surface area (Å²) in [5, 5.41) is 3.86. The van der Waals surface area contributed by atoms with Gasteiger partial charge in [0.1, 0.15) is 17.3 Å². The average molecular weight is 308 g/mol. The zero-order chi connectivity index (χ0) is 16.1. The van der Waals surface area contributed by atoms with Crippen molar-refractivity contribution in [3.05, 3.63) is 83.9 Å². The fourth-order valence-electron chi connectivity index (χ4n) is 2.00. The van der Waals surface area contributed by atoms with E-state index < -0.39 is 0 Å². The molecular formula is C18H13FN2O2. The minimum absolute atomic E-state index is 0.299. The molecule has 23 heavy (non-hydrogen) atoms. The van der Waals surface area contributed by atoms with Crippen LogP contribution in [0.25, 0.3) is 11.3 Å². The van der Waals surface area contributed by atoms with Crippen molar-refractivity contribution < 1.29 is 13.6 Å². The van der Waals surface area contributed by atoms with E-state index in [-0.39, 0.29) is 11.7 Å². The second-order valence-corrected chi connectivity index (χ2v) is 4.77. The van der Waals surface area contributed by atoms with Gasteiger partial charge in [0.25, 0.3) is 5.91 Å². The number of nitrogens with one attached hydrogen (secondary N) is 1. The Morgan fingerprint density at radius 1 is 1.00 bits per heavy atom. The number of hydrazone groups is 1. The maximum absolute atomic E-state index is 12.9. The first-order valence-electron chi connectivity index (χ1n) is 6.96. The molecular weight excluding hydrogens is 295 g/mol. The maximum atomic E-state index is 12.9. The molecule has 114 valence electrons. The fourth-order valence-corrected chi connectivity index (χ4v) is 2.00. The van der Waals surface area contributed by atoms with Crippen LogP contribution >= 0.6 is 0 Å². The van der Waals surface area contributed by atoms with Crippen molar-refractivity contribution >= 4 is 12.1 Å². The third-order valence-corrected chi connectivity index (χ3v) is 3.15. The predicted octanol–water partition coefficient (Wildman–Crippen LogP) is 3.85. The van der Waals surface area contributed by atoms with E-state index in [2.05, 4.69) is 10.5 Å². The summed E-state index contributed by atoms with van der Waals surface area (Å²) in [6.45, 7) is 0. The quantitative estimate of drug-likeness (QED) is 0.588. The molecule has 5 heteroatoms. The number of carbonyl (C=O) groups excluding carboxylic acids is 1. The Labute approximate surface area is 132 Å². The molecule has 2 aromatic carbocycles. The maximum Gasteiger partial charge on any atom is 0.271 e. The van der Waals surface area contributed by atoms with Gasteiger partial charge >= 0.3 is 0 Å². The van der Waals surface area contributed by atoms with Crippen molar-refractivity contribution in [2.75, 3.05) is 0 Å². The molecule has 1 aromatic heterocycles. The van der Waals surface area contributed by atoms with Gasteiger partial charge in [-0.3, -0.25) is 4.79 Å². The highest BCUT2D eigenvalue weighted by molar-refractivity contribution is 5.94. The average Bonchev–Trinajstić information content (AvgIpc) is 3.05. The summed E-state index contributed by atoms with van der Waals surface area (Å²) in [4.78, 5) is 11.8. The first-order valence-corrected chi connectivity index (χ1v) is 6.96. The Hall–Kier alpha value is -3.21. The molecule has 0 radical (unpaired) electrons. The third kappa shape index (κ3) is 3.71. The van der Waals surface area contributed by atoms with Gasteiger partial charge in [0.2, 0.25) is 0 Å². The summed E-state index contributed by atoms with van der Waals surface area (Å²) in [6.07, 6.45) is 1.41. The fraction of sp³-hybridized carbons (Fsp3) is 0. The van der Waals surface area contributed by atoms with E-state index in [9.17, 15) is 9.18 Å². The van der Waals surface area contributed by atoms with Crippen molar-refractivity contribution in [3.8, 4) is 11.3 Å². The molecule has 0 fully saturated rings. The normalized spacial score (nSPS) is 10.8. The number of nitrogens with zero attached hydrogens (tertiary/aromatic N) is 1. The summed E-state index contributed by atoms with van der Waals surface area (Å²) in [6, 6.07) is 18.3. The first kappa shape index (κ1) is 14.7. The first-order chi connectivity index (χ1) is 11.2. The second kappa shape index (κ2) is 6.70. The lowest BCUT2D eigenvalue weighted by Gasteiger charge is -1.98. The summed E-state index contributed by atoms with van der Waals surface area (Å²) < 4.78 is 18.5. The number of carbonyl (C=O) groups is 1. The van der Waals surface area contributed by atoms with Crippen molar-refractivity contribution in [1.82, 2.24) is 5.43 Å². The van der Waals surface area contributed by atoms with Gasteiger partial charge in [-0.25, -0.2) is 9.82 Å². The summed E-state index contributed by atoms with van der Waals surface area (Å²) >= 11 is 0. The largest absolute Gasteiger partial charge is 0.455 e. The van der Waals surface area contributed by atoms with Crippen LogP contribution in [0.2, 0.25) is 0 Å². The zero-order valence-electron chi connectivity index (χ0n) is 12.1. The molecule has 1 heterocycles. The van der Waals surface area contributed by atoms with Gasteiger partial charge in [0, 0.05) is 11.1 Å². The molecule has 0 unspecified atom stereocenters. The van der Waals surface area contributed by atoms with Crippen LogP contribution in [0, 0.1) is 5.82 Å². The lowest BCUT2D eigenvalue weighted by Crippen LogP contribution is -2.17. The monoisotopic (exact) mass is 308 g/mol. The lowest BCUT2D eigenvalue weighted by atomic mass is 10.2. The molecule has 0 aliphatic heterocycles. The van der Waals surface area contributed by atoms with Crippen molar-refractivity contribution in [2.45, 2.75) is 0 Å². The Morgan fingerprint density at radius 2 is 1.74 bits per heavy atom. The number of amides is 1. The predicted molar refractivity (Wildman–Crippen MR) is 85.6 cm³/mol. The van der Waals surface area contributed by atoms with Gasteiger partial charge in [-0.15, -0.1) is 0 Å². The molecule has 1 amide bonds. The summed E-state index contributed by atoms with van der Waals surface area (Å²) in [7, 11) is 0. The topological polar surface area (TPSA) is 54.6 Å². The molecule has 0 bridgehead atoms. The standard InChI is InChI=1S/C18H13FN2O2/c19-15-8-6-13(7-9-15)17-11-10-16(23-17)12-20-21-18(22)14-4-2-1-3-5-14/h1-12H,(H,21,22)/b20-12-. The minimum atomic E-state index is -0.300. The number of hydrogen-bond donors (Lipinski definition) is 1. The van der Waals surface area contributed by atoms with Crippen LogP contribution < -0.4 is 5.43 Å². The van der Waals surface area contributed by atoms with Crippen LogP contribution in [0.4, 0.5) is 4.39 Å². The lowest BCUT2D eigenvalue weighted by molar-refractivity contribution is 0.0955. The van der Waals surface area contributed by atoms with E-state index in [1.807, 2.05) is 6.07 Å². The van der Waals surface area contributed by atoms with Crippen molar-refractivity contribution in [1.29, 1.82) is 0 Å². The van der Waals surface area contributed by atoms with Gasteiger partial charge < -0.3 is 4.42 Å². The van der Waals surface area contributed by atoms with Crippen LogP contribution in [0.15, 0.2) is 76.2 Å². The van der Waals surface area contributed by atoms with E-state index in [4.69, 9.17) is 4.42 Å². The second-order valence-electron chi connectivity index (χ2n) is 4.77. The van der Waals surface area contributed by atoms with Gasteiger partial charge in [0.15, 0.2) is 0 Å². The van der Waals surface area contributed by atoms with E-state index in [1.54, 1.807) is 48.5 Å². The molecule has 0 aliphatic rings. The van der Waals surface area contributed by atoms with Crippen LogP contribution in [0.1, 0.15) is 16.1 Å². The van der Waals surface area contributed by atoms with Crippen LogP contribution in [-0.4, -0.2) is 12.1 Å². The number of halogens is 1. The molecule has 0 saturated carbocycles. The van der Waals surface area contributed by atoms with E-state index in [0.29, 0.717) is 17.1 Å². The summed E-state index contributed by atoms with van der Waals surface area (Å²) in [5.74, 6) is 0.483. The van der Waals surface area contributed by atoms with Crippen LogP contribution in [0.5, 0.6) is 0 Å². The van der Waals surface area contributed by atoms with E-state index >= 15 is 0 Å². The van der Waals surface area contributed by atoms with Gasteiger partial charge in [0.05, 0.1) is 6.21 Å². The third-order valence-electron chi connectivity index (χ3n) is 3.15. The van der Waals surface area contributed by atoms with Crippen molar-refractivity contribution in [2.24, 2.45) is 5.10 Å². The van der Waals surface area contributed by atoms with Crippen LogP contribution in [-0.2, 0) is 0 Å². The Bertz CT molecular complexity index is 824. The highest BCUT2D eigenvalue weighted by atomic mass is 19.1. The molecule has 1 N–H and O–H groups in total. The molecule has 4 nitrogen and oxygen atoms in total. The Morgan fingerprint density at radius 3 is 2.48 bits per heavy atom. The van der Waals surface area contributed by atoms with Gasteiger partial charge in [-0.05, 0) is 48.5 Å². The smallest absolute Gasteiger partial charge is 0.271 e. The Kier molecular flexibility index (Phi) is 4.29. The molecule has 0 atom stereocenters. The van der Waals surface area contributed by atoms with Crippen LogP contribution in [0.3, 0.4) is 0 Å². The van der Waals surface area contributed by atoms with Gasteiger partial charge in [-0.2, -0.15) is 5.10 Å². The molecule has 3 aromatic rings. The number of rotatable bonds is 4. The summed E-state index contributed by atoms with van der Waals surface area (Å²) in [5.41, 5.74) is 3.71. The number of benzene rings is 2. The highest BCUT2D eigenvalue weighted by Crippen LogP contribution is 2.21. The van der Waals surface area contributed by atoms with Gasteiger partial charge in [-0.1, -0.05) is 18.2 Å². The molecule has 3 rings (SSSR count). The zero-order valence-corrected chi connectivity index (χ0v) is 12.1. The number of hydrogen-bond acceptors (Lipinski definition) is 3.